The Morgan fingerprint density at radius 2 is 1.18 bits per heavy atom. The summed E-state index contributed by atoms with van der Waals surface area (Å²) in [5.74, 6) is -0.00574. The third-order valence-electron chi connectivity index (χ3n) is 4.72. The predicted octanol–water partition coefficient (Wildman–Crippen LogP) is 3.57. The SMILES string of the molecule is CN(C)C(=O)C1=C(C=CO[PH](=O)OC=CC2=C(C(=O)N(C)C)CCC2)CCC1. The van der Waals surface area contributed by atoms with Crippen molar-refractivity contribution < 1.29 is 23.2 Å². The minimum absolute atomic E-state index is 0.00287. The zero-order chi connectivity index (χ0) is 20.7. The zero-order valence-electron chi connectivity index (χ0n) is 17.0. The summed E-state index contributed by atoms with van der Waals surface area (Å²) >= 11 is 0. The highest BCUT2D eigenvalue weighted by Crippen LogP contribution is 2.31. The molecule has 2 rings (SSSR count). The van der Waals surface area contributed by atoms with Crippen molar-refractivity contribution in [2.24, 2.45) is 0 Å². The summed E-state index contributed by atoms with van der Waals surface area (Å²) < 4.78 is 22.1. The molecule has 2 aliphatic carbocycles. The monoisotopic (exact) mass is 408 g/mol. The Balaban J connectivity index is 1.89. The lowest BCUT2D eigenvalue weighted by atomic mass is 10.1. The molecule has 0 aromatic rings. The fourth-order valence-corrected chi connectivity index (χ4v) is 3.72. The van der Waals surface area contributed by atoms with Crippen LogP contribution in [0.2, 0.25) is 0 Å². The molecule has 7 nitrogen and oxygen atoms in total. The zero-order valence-corrected chi connectivity index (χ0v) is 18.0. The van der Waals surface area contributed by atoms with Crippen LogP contribution in [0.5, 0.6) is 0 Å². The molecule has 0 heterocycles. The first-order valence-corrected chi connectivity index (χ1v) is 10.6. The van der Waals surface area contributed by atoms with E-state index in [4.69, 9.17) is 9.05 Å². The molecular weight excluding hydrogens is 379 g/mol. The van der Waals surface area contributed by atoms with E-state index in [0.29, 0.717) is 0 Å². The van der Waals surface area contributed by atoms with Gasteiger partial charge in [-0.25, -0.2) is 4.57 Å². The molecule has 2 aliphatic rings. The number of nitrogens with zero attached hydrogens (tertiary/aromatic N) is 2. The Bertz CT molecular complexity index is 701. The maximum absolute atomic E-state index is 12.1. The van der Waals surface area contributed by atoms with Gasteiger partial charge in [0.1, 0.15) is 0 Å². The van der Waals surface area contributed by atoms with E-state index in [1.54, 1.807) is 50.1 Å². The average Bonchev–Trinajstić information content (AvgIpc) is 3.29. The van der Waals surface area contributed by atoms with E-state index < -0.39 is 8.25 Å². The Hall–Kier alpha value is -2.27. The van der Waals surface area contributed by atoms with Crippen LogP contribution < -0.4 is 0 Å². The molecule has 0 fully saturated rings. The number of likely N-dealkylation sites (N-methyl/N-ethyl adjacent to an activating group) is 2. The molecule has 0 atom stereocenters. The van der Waals surface area contributed by atoms with Gasteiger partial charge in [0.25, 0.3) is 0 Å². The molecule has 0 bridgehead atoms. The Kier molecular flexibility index (Phi) is 8.12. The Morgan fingerprint density at radius 3 is 1.54 bits per heavy atom. The standard InChI is InChI=1S/C20H29N2O5P/c1-21(2)19(23)17-9-5-7-15(17)11-13-26-28(25)27-14-12-16-8-6-10-18(16)20(24)22(3)4/h11-14,28H,5-10H2,1-4H3. The molecule has 0 aliphatic heterocycles. The van der Waals surface area contributed by atoms with Gasteiger partial charge in [-0.2, -0.15) is 0 Å². The summed E-state index contributed by atoms with van der Waals surface area (Å²) in [6.07, 6.45) is 11.0. The second-order valence-electron chi connectivity index (χ2n) is 7.21. The van der Waals surface area contributed by atoms with Gasteiger partial charge in [-0.1, -0.05) is 0 Å². The summed E-state index contributed by atoms with van der Waals surface area (Å²) in [6, 6.07) is 0. The molecule has 0 unspecified atom stereocenters. The predicted molar refractivity (Wildman–Crippen MR) is 109 cm³/mol. The number of hydrogen-bond acceptors (Lipinski definition) is 5. The number of rotatable bonds is 8. The van der Waals surface area contributed by atoms with Gasteiger partial charge in [-0.3, -0.25) is 9.59 Å². The van der Waals surface area contributed by atoms with Gasteiger partial charge in [0.05, 0.1) is 12.5 Å². The summed E-state index contributed by atoms with van der Waals surface area (Å²) in [5.41, 5.74) is 3.37. The number of hydrogen-bond donors (Lipinski definition) is 0. The second kappa shape index (κ2) is 10.3. The molecule has 0 saturated carbocycles. The third-order valence-corrected chi connectivity index (χ3v) is 5.37. The van der Waals surface area contributed by atoms with Crippen molar-refractivity contribution in [2.45, 2.75) is 38.5 Å². The quantitative estimate of drug-likeness (QED) is 0.453. The van der Waals surface area contributed by atoms with Crippen molar-refractivity contribution in [1.82, 2.24) is 9.80 Å². The van der Waals surface area contributed by atoms with Gasteiger partial charge < -0.3 is 18.8 Å². The third kappa shape index (κ3) is 5.86. The summed E-state index contributed by atoms with van der Waals surface area (Å²) in [7, 11) is 4.16. The van der Waals surface area contributed by atoms with Gasteiger partial charge in [0.15, 0.2) is 0 Å². The first-order valence-electron chi connectivity index (χ1n) is 9.39. The lowest BCUT2D eigenvalue weighted by molar-refractivity contribution is -0.125. The van der Waals surface area contributed by atoms with E-state index in [1.807, 2.05) is 0 Å². The molecule has 0 saturated heterocycles. The number of amides is 2. The number of carbonyl (C=O) groups excluding carboxylic acids is 2. The smallest absolute Gasteiger partial charge is 0.417 e. The minimum atomic E-state index is -2.74. The first-order chi connectivity index (χ1) is 13.3. The fourth-order valence-electron chi connectivity index (χ4n) is 3.30. The summed E-state index contributed by atoms with van der Waals surface area (Å²) in [5, 5.41) is 0. The maximum atomic E-state index is 12.1. The molecule has 0 N–H and O–H groups in total. The topological polar surface area (TPSA) is 76.1 Å². The van der Waals surface area contributed by atoms with Crippen molar-refractivity contribution in [3.8, 4) is 0 Å². The highest BCUT2D eigenvalue weighted by atomic mass is 31.1. The molecule has 154 valence electrons. The number of allylic oxidation sites excluding steroid dienone is 4. The van der Waals surface area contributed by atoms with Crippen LogP contribution >= 0.6 is 8.25 Å². The van der Waals surface area contributed by atoms with Crippen molar-refractivity contribution >= 4 is 20.1 Å². The van der Waals surface area contributed by atoms with E-state index in [-0.39, 0.29) is 11.8 Å². The summed E-state index contributed by atoms with van der Waals surface area (Å²) in [6.45, 7) is 0. The van der Waals surface area contributed by atoms with Gasteiger partial charge >= 0.3 is 8.25 Å². The lowest BCUT2D eigenvalue weighted by Gasteiger charge is -2.11. The molecule has 0 radical (unpaired) electrons. The van der Waals surface area contributed by atoms with Crippen LogP contribution in [0.25, 0.3) is 0 Å². The summed E-state index contributed by atoms with van der Waals surface area (Å²) in [4.78, 5) is 27.3. The molecular formula is C20H29N2O5P. The first kappa shape index (κ1) is 22.0. The van der Waals surface area contributed by atoms with E-state index >= 15 is 0 Å². The lowest BCUT2D eigenvalue weighted by Crippen LogP contribution is -2.23. The fraction of sp³-hybridized carbons (Fsp3) is 0.500. The van der Waals surface area contributed by atoms with Crippen LogP contribution in [0.1, 0.15) is 38.5 Å². The average molecular weight is 408 g/mol. The van der Waals surface area contributed by atoms with Crippen molar-refractivity contribution in [2.75, 3.05) is 28.2 Å². The molecule has 0 spiro atoms. The molecule has 2 amide bonds. The van der Waals surface area contributed by atoms with Crippen LogP contribution in [0.15, 0.2) is 47.0 Å². The highest BCUT2D eigenvalue weighted by Gasteiger charge is 2.21. The van der Waals surface area contributed by atoms with Crippen LogP contribution in [0, 0.1) is 0 Å². The van der Waals surface area contributed by atoms with E-state index in [2.05, 4.69) is 0 Å². The Labute approximate surface area is 167 Å². The van der Waals surface area contributed by atoms with Crippen LogP contribution in [0.3, 0.4) is 0 Å². The van der Waals surface area contributed by atoms with Gasteiger partial charge in [0, 0.05) is 39.3 Å². The molecule has 0 aromatic heterocycles. The molecule has 28 heavy (non-hydrogen) atoms. The van der Waals surface area contributed by atoms with Gasteiger partial charge in [-0.15, -0.1) is 0 Å². The number of carbonyl (C=O) groups is 2. The Morgan fingerprint density at radius 1 is 0.786 bits per heavy atom. The van der Waals surface area contributed by atoms with Crippen LogP contribution in [0.4, 0.5) is 0 Å². The second-order valence-corrected chi connectivity index (χ2v) is 8.18. The molecule has 0 aromatic carbocycles. The van der Waals surface area contributed by atoms with E-state index in [1.165, 1.54) is 12.5 Å². The van der Waals surface area contributed by atoms with Gasteiger partial charge in [0.2, 0.25) is 11.8 Å². The van der Waals surface area contributed by atoms with E-state index in [9.17, 15) is 14.2 Å². The van der Waals surface area contributed by atoms with Crippen molar-refractivity contribution in [3.63, 3.8) is 0 Å². The largest absolute Gasteiger partial charge is 0.426 e. The van der Waals surface area contributed by atoms with Crippen molar-refractivity contribution in [1.29, 1.82) is 0 Å². The van der Waals surface area contributed by atoms with Crippen LogP contribution in [-0.2, 0) is 23.2 Å². The molecule has 8 heteroatoms. The maximum Gasteiger partial charge on any atom is 0.417 e. The van der Waals surface area contributed by atoms with Gasteiger partial charge in [-0.05, 0) is 61.8 Å². The normalized spacial score (nSPS) is 18.3. The van der Waals surface area contributed by atoms with Crippen LogP contribution in [-0.4, -0.2) is 49.8 Å². The highest BCUT2D eigenvalue weighted by molar-refractivity contribution is 7.33. The minimum Gasteiger partial charge on any atom is -0.426 e. The van der Waals surface area contributed by atoms with Crippen molar-refractivity contribution in [3.05, 3.63) is 47.0 Å². The van der Waals surface area contributed by atoms with E-state index in [0.717, 1.165) is 60.8 Å².